The van der Waals surface area contributed by atoms with Gasteiger partial charge < -0.3 is 10.4 Å². The van der Waals surface area contributed by atoms with Crippen molar-refractivity contribution < 1.29 is 14.3 Å². The summed E-state index contributed by atoms with van der Waals surface area (Å²) in [7, 11) is 0. The summed E-state index contributed by atoms with van der Waals surface area (Å²) in [6.07, 6.45) is 1.43. The van der Waals surface area contributed by atoms with Gasteiger partial charge in [0.05, 0.1) is 5.56 Å². The lowest BCUT2D eigenvalue weighted by atomic mass is 10.2. The van der Waals surface area contributed by atoms with Crippen LogP contribution in [0, 0.1) is 5.82 Å². The lowest BCUT2D eigenvalue weighted by molar-refractivity contribution is 0.102. The lowest BCUT2D eigenvalue weighted by Crippen LogP contribution is -2.13. The highest BCUT2D eigenvalue weighted by molar-refractivity contribution is 9.10. The summed E-state index contributed by atoms with van der Waals surface area (Å²) in [5.74, 6) is -1.21. The van der Waals surface area contributed by atoms with Gasteiger partial charge in [0, 0.05) is 10.7 Å². The summed E-state index contributed by atoms with van der Waals surface area (Å²) in [4.78, 5) is 15.7. The Morgan fingerprint density at radius 3 is 2.89 bits per heavy atom. The molecule has 0 saturated heterocycles. The summed E-state index contributed by atoms with van der Waals surface area (Å²) in [5, 5.41) is 11.9. The highest BCUT2D eigenvalue weighted by Gasteiger charge is 2.13. The van der Waals surface area contributed by atoms with E-state index >= 15 is 0 Å². The van der Waals surface area contributed by atoms with Gasteiger partial charge in [-0.3, -0.25) is 4.79 Å². The number of carbonyl (C=O) groups is 1. The quantitative estimate of drug-likeness (QED) is 0.896. The number of benzene rings is 1. The van der Waals surface area contributed by atoms with Crippen LogP contribution in [-0.2, 0) is 0 Å². The van der Waals surface area contributed by atoms with Gasteiger partial charge in [0.1, 0.15) is 5.82 Å². The predicted octanol–water partition coefficient (Wildman–Crippen LogP) is 2.94. The summed E-state index contributed by atoms with van der Waals surface area (Å²) >= 11 is 3.15. The molecule has 0 unspecified atom stereocenters. The largest absolute Gasteiger partial charge is 0.504 e. The van der Waals surface area contributed by atoms with Crippen LogP contribution < -0.4 is 5.32 Å². The number of nitrogens with zero attached hydrogens (tertiary/aromatic N) is 1. The SMILES string of the molecule is O=C(Nc1ncccc1O)c1cc(F)ccc1Br. The molecule has 18 heavy (non-hydrogen) atoms. The Bertz CT molecular complexity index is 604. The zero-order chi connectivity index (χ0) is 13.1. The van der Waals surface area contributed by atoms with Crippen molar-refractivity contribution in [2.24, 2.45) is 0 Å². The normalized spacial score (nSPS) is 10.1. The Morgan fingerprint density at radius 2 is 2.17 bits per heavy atom. The number of nitrogens with one attached hydrogen (secondary N) is 1. The number of aromatic hydroxyl groups is 1. The number of halogens is 2. The van der Waals surface area contributed by atoms with Gasteiger partial charge in [-0.2, -0.15) is 0 Å². The van der Waals surface area contributed by atoms with Crippen LogP contribution >= 0.6 is 15.9 Å². The molecule has 2 aromatic rings. The van der Waals surface area contributed by atoms with E-state index in [9.17, 15) is 14.3 Å². The number of hydrogen-bond acceptors (Lipinski definition) is 3. The van der Waals surface area contributed by atoms with E-state index in [2.05, 4.69) is 26.2 Å². The molecule has 0 radical (unpaired) electrons. The van der Waals surface area contributed by atoms with E-state index in [-0.39, 0.29) is 17.1 Å². The molecule has 0 bridgehead atoms. The minimum atomic E-state index is -0.560. The van der Waals surface area contributed by atoms with Crippen LogP contribution in [0.2, 0.25) is 0 Å². The third kappa shape index (κ3) is 2.65. The average Bonchev–Trinajstić information content (AvgIpc) is 2.35. The van der Waals surface area contributed by atoms with Crippen LogP contribution in [0.15, 0.2) is 41.0 Å². The topological polar surface area (TPSA) is 62.2 Å². The molecular weight excluding hydrogens is 303 g/mol. The summed E-state index contributed by atoms with van der Waals surface area (Å²) in [5.41, 5.74) is 0.125. The van der Waals surface area contributed by atoms with E-state index in [1.807, 2.05) is 0 Å². The summed E-state index contributed by atoms with van der Waals surface area (Å²) in [6.45, 7) is 0. The second kappa shape index (κ2) is 5.14. The number of pyridine rings is 1. The molecule has 0 aliphatic heterocycles. The molecule has 4 nitrogen and oxygen atoms in total. The molecule has 0 fully saturated rings. The van der Waals surface area contributed by atoms with Crippen LogP contribution in [-0.4, -0.2) is 16.0 Å². The van der Waals surface area contributed by atoms with Crippen molar-refractivity contribution in [2.75, 3.05) is 5.32 Å². The number of hydrogen-bond donors (Lipinski definition) is 2. The first-order chi connectivity index (χ1) is 8.58. The number of amides is 1. The standard InChI is InChI=1S/C12H8BrFN2O2/c13-9-4-3-7(14)6-8(9)12(18)16-11-10(17)2-1-5-15-11/h1-6,17H,(H,15,16,18). The maximum absolute atomic E-state index is 13.1. The van der Waals surface area contributed by atoms with Crippen molar-refractivity contribution in [2.45, 2.75) is 0 Å². The fourth-order valence-electron chi connectivity index (χ4n) is 1.34. The Kier molecular flexibility index (Phi) is 3.57. The van der Waals surface area contributed by atoms with E-state index in [1.165, 1.54) is 30.5 Å². The van der Waals surface area contributed by atoms with Crippen molar-refractivity contribution in [1.82, 2.24) is 4.98 Å². The average molecular weight is 311 g/mol. The molecule has 2 rings (SSSR count). The molecule has 0 aliphatic rings. The van der Waals surface area contributed by atoms with E-state index in [0.29, 0.717) is 4.47 Å². The van der Waals surface area contributed by atoms with Crippen molar-refractivity contribution in [1.29, 1.82) is 0 Å². The van der Waals surface area contributed by atoms with Gasteiger partial charge in [-0.05, 0) is 46.3 Å². The molecule has 1 aromatic carbocycles. The van der Waals surface area contributed by atoms with Crippen LogP contribution in [0.3, 0.4) is 0 Å². The fraction of sp³-hybridized carbons (Fsp3) is 0. The highest BCUT2D eigenvalue weighted by Crippen LogP contribution is 2.22. The molecule has 0 saturated carbocycles. The third-order valence-corrected chi connectivity index (χ3v) is 2.88. The first kappa shape index (κ1) is 12.5. The van der Waals surface area contributed by atoms with Crippen molar-refractivity contribution in [3.63, 3.8) is 0 Å². The molecule has 2 N–H and O–H groups in total. The third-order valence-electron chi connectivity index (χ3n) is 2.19. The van der Waals surface area contributed by atoms with E-state index < -0.39 is 11.7 Å². The van der Waals surface area contributed by atoms with Gasteiger partial charge in [0.15, 0.2) is 11.6 Å². The van der Waals surface area contributed by atoms with Crippen LogP contribution in [0.25, 0.3) is 0 Å². The maximum atomic E-state index is 13.1. The predicted molar refractivity (Wildman–Crippen MR) is 68.0 cm³/mol. The van der Waals surface area contributed by atoms with Gasteiger partial charge >= 0.3 is 0 Å². The first-order valence-corrected chi connectivity index (χ1v) is 5.77. The number of aromatic nitrogens is 1. The summed E-state index contributed by atoms with van der Waals surface area (Å²) in [6, 6.07) is 6.69. The summed E-state index contributed by atoms with van der Waals surface area (Å²) < 4.78 is 13.5. The number of rotatable bonds is 2. The minimum Gasteiger partial charge on any atom is -0.504 e. The molecular formula is C12H8BrFN2O2. The monoisotopic (exact) mass is 310 g/mol. The lowest BCUT2D eigenvalue weighted by Gasteiger charge is -2.07. The highest BCUT2D eigenvalue weighted by atomic mass is 79.9. The molecule has 1 heterocycles. The smallest absolute Gasteiger partial charge is 0.258 e. The van der Waals surface area contributed by atoms with E-state index in [0.717, 1.165) is 6.07 Å². The molecule has 0 atom stereocenters. The van der Waals surface area contributed by atoms with Crippen molar-refractivity contribution in [3.05, 3.63) is 52.4 Å². The minimum absolute atomic E-state index is 0.0265. The van der Waals surface area contributed by atoms with Gasteiger partial charge in [0.2, 0.25) is 0 Å². The van der Waals surface area contributed by atoms with Crippen LogP contribution in [0.5, 0.6) is 5.75 Å². The zero-order valence-electron chi connectivity index (χ0n) is 9.02. The zero-order valence-corrected chi connectivity index (χ0v) is 10.6. The Labute approximate surface area is 111 Å². The van der Waals surface area contributed by atoms with E-state index in [4.69, 9.17) is 0 Å². The van der Waals surface area contributed by atoms with Gasteiger partial charge in [-0.1, -0.05) is 0 Å². The Balaban J connectivity index is 2.28. The number of anilines is 1. The Hall–Kier alpha value is -1.95. The van der Waals surface area contributed by atoms with E-state index in [1.54, 1.807) is 0 Å². The molecule has 6 heteroatoms. The van der Waals surface area contributed by atoms with Crippen LogP contribution in [0.1, 0.15) is 10.4 Å². The molecule has 1 amide bonds. The Morgan fingerprint density at radius 1 is 1.39 bits per heavy atom. The van der Waals surface area contributed by atoms with Gasteiger partial charge in [-0.15, -0.1) is 0 Å². The van der Waals surface area contributed by atoms with Gasteiger partial charge in [0.25, 0.3) is 5.91 Å². The van der Waals surface area contributed by atoms with Crippen LogP contribution in [0.4, 0.5) is 10.2 Å². The first-order valence-electron chi connectivity index (χ1n) is 4.98. The maximum Gasteiger partial charge on any atom is 0.258 e. The molecule has 1 aromatic heterocycles. The van der Waals surface area contributed by atoms with Crippen molar-refractivity contribution in [3.8, 4) is 5.75 Å². The molecule has 0 spiro atoms. The number of carbonyl (C=O) groups excluding carboxylic acids is 1. The fourth-order valence-corrected chi connectivity index (χ4v) is 1.77. The van der Waals surface area contributed by atoms with Crippen molar-refractivity contribution >= 4 is 27.7 Å². The van der Waals surface area contributed by atoms with Gasteiger partial charge in [-0.25, -0.2) is 9.37 Å². The second-order valence-electron chi connectivity index (χ2n) is 3.45. The molecule has 0 aliphatic carbocycles. The second-order valence-corrected chi connectivity index (χ2v) is 4.30. The molecule has 92 valence electrons.